The summed E-state index contributed by atoms with van der Waals surface area (Å²) in [5.41, 5.74) is 2.82. The first-order chi connectivity index (χ1) is 15.4. The molecule has 4 heterocycles. The topological polar surface area (TPSA) is 106 Å². The fraction of sp³-hybridized carbons (Fsp3) is 0.364. The molecule has 0 saturated carbocycles. The lowest BCUT2D eigenvalue weighted by Gasteiger charge is -2.26. The largest absolute Gasteiger partial charge is 0.473 e. The Kier molecular flexibility index (Phi) is 4.84. The molecular weight excluding hydrogens is 412 g/mol. The van der Waals surface area contributed by atoms with Gasteiger partial charge in [0.2, 0.25) is 5.76 Å². The van der Waals surface area contributed by atoms with Crippen LogP contribution in [-0.4, -0.2) is 57.9 Å². The van der Waals surface area contributed by atoms with Gasteiger partial charge in [-0.05, 0) is 49.2 Å². The number of aromatic nitrogens is 3. The molecule has 5 rings (SSSR count). The lowest BCUT2D eigenvalue weighted by atomic mass is 9.98. The highest BCUT2D eigenvalue weighted by Crippen LogP contribution is 2.34. The minimum absolute atomic E-state index is 0.0509. The summed E-state index contributed by atoms with van der Waals surface area (Å²) >= 11 is 0. The van der Waals surface area contributed by atoms with Crippen molar-refractivity contribution in [1.82, 2.24) is 19.8 Å². The Morgan fingerprint density at radius 1 is 1.19 bits per heavy atom. The van der Waals surface area contributed by atoms with E-state index in [1.54, 1.807) is 4.90 Å². The Labute approximate surface area is 184 Å². The van der Waals surface area contributed by atoms with Gasteiger partial charge in [0, 0.05) is 37.5 Å². The Balaban J connectivity index is 1.33. The van der Waals surface area contributed by atoms with Crippen LogP contribution >= 0.6 is 0 Å². The summed E-state index contributed by atoms with van der Waals surface area (Å²) in [5, 5.41) is 11.0. The molecule has 0 radical (unpaired) electrons. The van der Waals surface area contributed by atoms with Crippen LogP contribution in [-0.2, 0) is 13.0 Å². The number of nitrogens with one attached hydrogen (secondary N) is 1. The third-order valence-corrected chi connectivity index (χ3v) is 5.58. The smallest absolute Gasteiger partial charge is 0.295 e. The molecule has 0 unspecified atom stereocenters. The molecule has 2 aromatic heterocycles. The van der Waals surface area contributed by atoms with E-state index in [2.05, 4.69) is 26.5 Å². The summed E-state index contributed by atoms with van der Waals surface area (Å²) in [5.74, 6) is 1.23. The number of fused-ring (bicyclic) bond motifs is 2. The summed E-state index contributed by atoms with van der Waals surface area (Å²) in [6, 6.07) is 9.21. The van der Waals surface area contributed by atoms with Crippen molar-refractivity contribution in [3.63, 3.8) is 0 Å². The van der Waals surface area contributed by atoms with E-state index in [0.717, 1.165) is 42.1 Å². The van der Waals surface area contributed by atoms with E-state index in [-0.39, 0.29) is 23.7 Å². The zero-order valence-electron chi connectivity index (χ0n) is 18.2. The minimum Gasteiger partial charge on any atom is -0.473 e. The third-order valence-electron chi connectivity index (χ3n) is 5.58. The van der Waals surface area contributed by atoms with E-state index < -0.39 is 5.91 Å². The Hall–Kier alpha value is -3.82. The van der Waals surface area contributed by atoms with Gasteiger partial charge >= 0.3 is 0 Å². The van der Waals surface area contributed by atoms with E-state index >= 15 is 0 Å². The molecule has 1 aromatic carbocycles. The molecule has 2 aliphatic heterocycles. The number of amides is 2. The maximum absolute atomic E-state index is 12.5. The molecule has 2 amide bonds. The van der Waals surface area contributed by atoms with Gasteiger partial charge in [-0.3, -0.25) is 9.59 Å². The quantitative estimate of drug-likeness (QED) is 0.655. The monoisotopic (exact) mass is 436 g/mol. The van der Waals surface area contributed by atoms with Crippen molar-refractivity contribution >= 4 is 29.1 Å². The molecule has 10 nitrogen and oxygen atoms in total. The normalized spacial score (nSPS) is 15.2. The van der Waals surface area contributed by atoms with Gasteiger partial charge in [0.25, 0.3) is 17.7 Å². The number of carbonyl (C=O) groups excluding carboxylic acids is 2. The van der Waals surface area contributed by atoms with Gasteiger partial charge in [0.1, 0.15) is 5.82 Å². The maximum atomic E-state index is 12.5. The first kappa shape index (κ1) is 20.1. The van der Waals surface area contributed by atoms with Crippen LogP contribution in [0.25, 0.3) is 0 Å². The number of hydrogen-bond donors (Lipinski definition) is 1. The van der Waals surface area contributed by atoms with E-state index in [1.807, 2.05) is 43.8 Å². The zero-order valence-corrected chi connectivity index (χ0v) is 18.2. The molecule has 0 bridgehead atoms. The molecular formula is C22H24N6O4. The van der Waals surface area contributed by atoms with Crippen molar-refractivity contribution in [2.75, 3.05) is 30.4 Å². The fourth-order valence-electron chi connectivity index (χ4n) is 4.02. The van der Waals surface area contributed by atoms with Crippen LogP contribution < -0.4 is 15.0 Å². The van der Waals surface area contributed by atoms with Gasteiger partial charge in [-0.1, -0.05) is 0 Å². The van der Waals surface area contributed by atoms with Gasteiger partial charge < -0.3 is 24.4 Å². The number of carbonyl (C=O) groups is 2. The highest BCUT2D eigenvalue weighted by atomic mass is 16.5. The number of benzene rings is 1. The van der Waals surface area contributed by atoms with E-state index in [9.17, 15) is 9.59 Å². The van der Waals surface area contributed by atoms with Crippen molar-refractivity contribution in [2.45, 2.75) is 32.9 Å². The van der Waals surface area contributed by atoms with Crippen LogP contribution in [0.15, 0.2) is 34.9 Å². The molecule has 2 aliphatic rings. The molecule has 0 aliphatic carbocycles. The van der Waals surface area contributed by atoms with E-state index in [1.165, 1.54) is 6.07 Å². The molecule has 0 saturated heterocycles. The Morgan fingerprint density at radius 3 is 2.84 bits per heavy atom. The Morgan fingerprint density at radius 2 is 2.03 bits per heavy atom. The van der Waals surface area contributed by atoms with Crippen molar-refractivity contribution in [1.29, 1.82) is 0 Å². The van der Waals surface area contributed by atoms with Crippen LogP contribution in [0.2, 0.25) is 0 Å². The lowest BCUT2D eigenvalue weighted by molar-refractivity contribution is 0.0780. The maximum Gasteiger partial charge on any atom is 0.295 e. The number of likely N-dealkylation sites (N-methyl/N-ethyl adjacent to an activating group) is 1. The van der Waals surface area contributed by atoms with Crippen LogP contribution in [0, 0.1) is 0 Å². The van der Waals surface area contributed by atoms with Gasteiger partial charge in [-0.2, -0.15) is 5.10 Å². The number of nitrogens with zero attached hydrogens (tertiary/aromatic N) is 5. The van der Waals surface area contributed by atoms with Crippen LogP contribution in [0.4, 0.5) is 17.3 Å². The minimum atomic E-state index is -0.448. The van der Waals surface area contributed by atoms with Crippen molar-refractivity contribution in [2.24, 2.45) is 0 Å². The van der Waals surface area contributed by atoms with Crippen molar-refractivity contribution in [3.05, 3.63) is 47.2 Å². The molecule has 1 N–H and O–H groups in total. The molecule has 3 aromatic rings. The number of hydrogen-bond acceptors (Lipinski definition) is 7. The Bertz CT molecular complexity index is 1200. The van der Waals surface area contributed by atoms with Crippen LogP contribution in [0.5, 0.6) is 5.88 Å². The second-order valence-corrected chi connectivity index (χ2v) is 8.23. The molecule has 0 atom stereocenters. The SMILES string of the molecule is CC(C)Oc1cc(C(=O)Nc2cc3n(n2)CCN3c2ccc3c(c2)CCN(C)C3=O)on1. The lowest BCUT2D eigenvalue weighted by Crippen LogP contribution is -2.34. The molecule has 0 fully saturated rings. The average molecular weight is 436 g/mol. The second-order valence-electron chi connectivity index (χ2n) is 8.23. The van der Waals surface area contributed by atoms with Gasteiger partial charge in [0.15, 0.2) is 5.82 Å². The van der Waals surface area contributed by atoms with E-state index in [0.29, 0.717) is 12.4 Å². The fourth-order valence-corrected chi connectivity index (χ4v) is 4.02. The summed E-state index contributed by atoms with van der Waals surface area (Å²) in [7, 11) is 1.82. The summed E-state index contributed by atoms with van der Waals surface area (Å²) in [6.45, 7) is 5.91. The summed E-state index contributed by atoms with van der Waals surface area (Å²) < 4.78 is 12.3. The van der Waals surface area contributed by atoms with Crippen molar-refractivity contribution in [3.8, 4) is 5.88 Å². The van der Waals surface area contributed by atoms with Crippen LogP contribution in [0.3, 0.4) is 0 Å². The van der Waals surface area contributed by atoms with Gasteiger partial charge in [-0.25, -0.2) is 4.68 Å². The zero-order chi connectivity index (χ0) is 22.4. The first-order valence-corrected chi connectivity index (χ1v) is 10.6. The number of ether oxygens (including phenoxy) is 1. The van der Waals surface area contributed by atoms with Crippen molar-refractivity contribution < 1.29 is 18.8 Å². The first-order valence-electron chi connectivity index (χ1n) is 10.6. The predicted molar refractivity (Wildman–Crippen MR) is 117 cm³/mol. The van der Waals surface area contributed by atoms with Gasteiger partial charge in [0.05, 0.1) is 18.7 Å². The summed E-state index contributed by atoms with van der Waals surface area (Å²) in [6.07, 6.45) is 0.764. The average Bonchev–Trinajstić information content (AvgIpc) is 3.46. The highest BCUT2D eigenvalue weighted by Gasteiger charge is 2.27. The van der Waals surface area contributed by atoms with Crippen LogP contribution in [0.1, 0.15) is 40.3 Å². The van der Waals surface area contributed by atoms with E-state index in [4.69, 9.17) is 9.26 Å². The molecule has 0 spiro atoms. The summed E-state index contributed by atoms with van der Waals surface area (Å²) in [4.78, 5) is 28.8. The predicted octanol–water partition coefficient (Wildman–Crippen LogP) is 2.69. The second kappa shape index (κ2) is 7.70. The molecule has 32 heavy (non-hydrogen) atoms. The molecule has 10 heteroatoms. The third kappa shape index (κ3) is 3.57. The number of rotatable bonds is 5. The standard InChI is InChI=1S/C22H24N6O4/c1-13(2)31-19-11-17(32-25-19)21(29)23-18-12-20-27(8-9-28(20)24-18)15-4-5-16-14(10-15)6-7-26(3)22(16)30/h4-5,10-13H,6-9H2,1-3H3,(H,23,24,29). The number of anilines is 3. The molecule has 166 valence electrons. The highest BCUT2D eigenvalue weighted by molar-refractivity contribution is 6.02. The van der Waals surface area contributed by atoms with Gasteiger partial charge in [-0.15, -0.1) is 0 Å².